The van der Waals surface area contributed by atoms with Gasteiger partial charge in [0.2, 0.25) is 0 Å². The van der Waals surface area contributed by atoms with Crippen LogP contribution in [0.1, 0.15) is 0 Å². The van der Waals surface area contributed by atoms with Crippen molar-refractivity contribution in [1.82, 2.24) is 4.90 Å². The molecule has 0 saturated carbocycles. The van der Waals surface area contributed by atoms with Crippen LogP contribution in [0.5, 0.6) is 0 Å². The largest absolute Gasteiger partial charge is 0.461 e. The van der Waals surface area contributed by atoms with Crippen LogP contribution in [-0.4, -0.2) is 50.2 Å². The minimum atomic E-state index is -0.498. The third-order valence-corrected chi connectivity index (χ3v) is 1.90. The van der Waals surface area contributed by atoms with Gasteiger partial charge in [-0.05, 0) is 14.1 Å². The highest BCUT2D eigenvalue weighted by molar-refractivity contribution is 5.81. The third-order valence-electron chi connectivity index (χ3n) is 1.90. The molecule has 0 fully saturated rings. The van der Waals surface area contributed by atoms with Crippen molar-refractivity contribution >= 4 is 11.9 Å². The van der Waals surface area contributed by atoms with Gasteiger partial charge in [0, 0.05) is 12.2 Å². The van der Waals surface area contributed by atoms with Crippen molar-refractivity contribution in [3.63, 3.8) is 0 Å². The maximum absolute atomic E-state index is 10.9. The molecule has 0 aromatic heterocycles. The summed E-state index contributed by atoms with van der Waals surface area (Å²) >= 11 is 0. The van der Waals surface area contributed by atoms with Crippen LogP contribution in [-0.2, 0) is 19.1 Å². The smallest absolute Gasteiger partial charge is 0.330 e. The Morgan fingerprint density at radius 1 is 1.12 bits per heavy atom. The van der Waals surface area contributed by atoms with Gasteiger partial charge in [0.1, 0.15) is 13.2 Å². The number of carbonyl (C=O) groups is 2. The predicted octanol–water partition coefficient (Wildman–Crippen LogP) is 0.375. The molecule has 0 bridgehead atoms. The zero-order valence-corrected chi connectivity index (χ0v) is 9.64. The molecular formula is C11H17NO4. The Kier molecular flexibility index (Phi) is 6.87. The van der Waals surface area contributed by atoms with Crippen molar-refractivity contribution in [2.75, 3.05) is 27.3 Å². The Bertz CT molecular complexity index is 249. The second kappa shape index (κ2) is 7.64. The Morgan fingerprint density at radius 2 is 1.50 bits per heavy atom. The minimum Gasteiger partial charge on any atom is -0.461 e. The highest BCUT2D eigenvalue weighted by Gasteiger charge is 2.15. The monoisotopic (exact) mass is 227 g/mol. The fourth-order valence-electron chi connectivity index (χ4n) is 0.821. The lowest BCUT2D eigenvalue weighted by Gasteiger charge is -2.22. The fraction of sp³-hybridized carbons (Fsp3) is 0.455. The van der Waals surface area contributed by atoms with Crippen LogP contribution in [0.15, 0.2) is 25.3 Å². The molecule has 0 saturated heterocycles. The van der Waals surface area contributed by atoms with Crippen LogP contribution in [0.4, 0.5) is 0 Å². The Morgan fingerprint density at radius 3 is 1.75 bits per heavy atom. The molecule has 5 heteroatoms. The molecule has 16 heavy (non-hydrogen) atoms. The molecule has 0 aliphatic carbocycles. The molecule has 0 N–H and O–H groups in total. The van der Waals surface area contributed by atoms with Crippen molar-refractivity contribution in [2.24, 2.45) is 0 Å². The standard InChI is InChI=1S/C11H17NO4/c1-5-10(13)15-7-9(12(3)4)8-16-11(14)6-2/h5-6,9H,1-2,7-8H2,3-4H3. The summed E-state index contributed by atoms with van der Waals surface area (Å²) in [6.45, 7) is 6.85. The first-order valence-corrected chi connectivity index (χ1v) is 4.76. The quantitative estimate of drug-likeness (QED) is 0.465. The molecule has 0 rings (SSSR count). The van der Waals surface area contributed by atoms with Crippen molar-refractivity contribution < 1.29 is 19.1 Å². The van der Waals surface area contributed by atoms with Crippen LogP contribution in [0.25, 0.3) is 0 Å². The molecule has 90 valence electrons. The predicted molar refractivity (Wildman–Crippen MR) is 59.8 cm³/mol. The number of esters is 2. The van der Waals surface area contributed by atoms with E-state index in [4.69, 9.17) is 9.47 Å². The van der Waals surface area contributed by atoms with Gasteiger partial charge in [0.25, 0.3) is 0 Å². The van der Waals surface area contributed by atoms with Gasteiger partial charge in [0.05, 0.1) is 6.04 Å². The number of hydrogen-bond donors (Lipinski definition) is 0. The van der Waals surface area contributed by atoms with Gasteiger partial charge in [-0.15, -0.1) is 0 Å². The van der Waals surface area contributed by atoms with E-state index >= 15 is 0 Å². The lowest BCUT2D eigenvalue weighted by Crippen LogP contribution is -2.37. The zero-order chi connectivity index (χ0) is 12.6. The summed E-state index contributed by atoms with van der Waals surface area (Å²) in [5.74, 6) is -0.996. The van der Waals surface area contributed by atoms with E-state index in [0.29, 0.717) is 0 Å². The summed E-state index contributed by atoms with van der Waals surface area (Å²) in [4.78, 5) is 23.5. The number of rotatable bonds is 7. The molecular weight excluding hydrogens is 210 g/mol. The van der Waals surface area contributed by atoms with Gasteiger partial charge in [-0.1, -0.05) is 13.2 Å². The average molecular weight is 227 g/mol. The Balaban J connectivity index is 4.07. The molecule has 0 spiro atoms. The van der Waals surface area contributed by atoms with E-state index in [0.717, 1.165) is 12.2 Å². The number of nitrogens with zero attached hydrogens (tertiary/aromatic N) is 1. The van der Waals surface area contributed by atoms with Crippen molar-refractivity contribution in [3.05, 3.63) is 25.3 Å². The third kappa shape index (κ3) is 5.98. The highest BCUT2D eigenvalue weighted by atomic mass is 16.5. The zero-order valence-electron chi connectivity index (χ0n) is 9.64. The summed E-state index contributed by atoms with van der Waals surface area (Å²) in [7, 11) is 3.60. The average Bonchev–Trinajstić information content (AvgIpc) is 2.27. The Hall–Kier alpha value is -1.62. The summed E-state index contributed by atoms with van der Waals surface area (Å²) in [5, 5.41) is 0. The molecule has 0 radical (unpaired) electrons. The van der Waals surface area contributed by atoms with Gasteiger partial charge in [-0.2, -0.15) is 0 Å². The topological polar surface area (TPSA) is 55.8 Å². The minimum absolute atomic E-state index is 0.141. The lowest BCUT2D eigenvalue weighted by molar-refractivity contribution is -0.143. The van der Waals surface area contributed by atoms with Crippen molar-refractivity contribution in [2.45, 2.75) is 6.04 Å². The molecule has 0 aliphatic rings. The molecule has 0 aromatic rings. The van der Waals surface area contributed by atoms with E-state index in [1.165, 1.54) is 0 Å². The van der Waals surface area contributed by atoms with E-state index in [1.54, 1.807) is 19.0 Å². The second-order valence-corrected chi connectivity index (χ2v) is 3.29. The van der Waals surface area contributed by atoms with E-state index < -0.39 is 11.9 Å². The molecule has 0 atom stereocenters. The molecule has 0 aliphatic heterocycles. The first-order valence-electron chi connectivity index (χ1n) is 4.76. The first-order chi connectivity index (χ1) is 7.51. The summed E-state index contributed by atoms with van der Waals surface area (Å²) in [6.07, 6.45) is 2.17. The first kappa shape index (κ1) is 14.4. The molecule has 0 unspecified atom stereocenters. The molecule has 0 heterocycles. The van der Waals surface area contributed by atoms with Gasteiger partial charge >= 0.3 is 11.9 Å². The van der Waals surface area contributed by atoms with E-state index in [-0.39, 0.29) is 19.3 Å². The van der Waals surface area contributed by atoms with Crippen LogP contribution < -0.4 is 0 Å². The molecule has 5 nitrogen and oxygen atoms in total. The van der Waals surface area contributed by atoms with Gasteiger partial charge in [-0.3, -0.25) is 0 Å². The number of hydrogen-bond acceptors (Lipinski definition) is 5. The normalized spacial score (nSPS) is 10.0. The summed E-state index contributed by atoms with van der Waals surface area (Å²) < 4.78 is 9.73. The van der Waals surface area contributed by atoms with Gasteiger partial charge < -0.3 is 14.4 Å². The highest BCUT2D eigenvalue weighted by Crippen LogP contribution is 1.97. The SMILES string of the molecule is C=CC(=O)OCC(COC(=O)C=C)N(C)C. The van der Waals surface area contributed by atoms with E-state index in [9.17, 15) is 9.59 Å². The Labute approximate surface area is 95.3 Å². The second-order valence-electron chi connectivity index (χ2n) is 3.29. The van der Waals surface area contributed by atoms with Gasteiger partial charge in [0.15, 0.2) is 0 Å². The van der Waals surface area contributed by atoms with Crippen LogP contribution >= 0.6 is 0 Å². The van der Waals surface area contributed by atoms with Crippen molar-refractivity contribution in [1.29, 1.82) is 0 Å². The summed E-state index contributed by atoms with van der Waals surface area (Å²) in [6, 6.07) is -0.187. The fourth-order valence-corrected chi connectivity index (χ4v) is 0.821. The summed E-state index contributed by atoms with van der Waals surface area (Å²) in [5.41, 5.74) is 0. The maximum Gasteiger partial charge on any atom is 0.330 e. The number of ether oxygens (including phenoxy) is 2. The van der Waals surface area contributed by atoms with Crippen LogP contribution in [0.3, 0.4) is 0 Å². The molecule has 0 amide bonds. The molecule has 0 aromatic carbocycles. The van der Waals surface area contributed by atoms with Gasteiger partial charge in [-0.25, -0.2) is 9.59 Å². The maximum atomic E-state index is 10.9. The number of carbonyl (C=O) groups excluding carboxylic acids is 2. The van der Waals surface area contributed by atoms with E-state index in [2.05, 4.69) is 13.2 Å². The van der Waals surface area contributed by atoms with E-state index in [1.807, 2.05) is 0 Å². The van der Waals surface area contributed by atoms with Crippen LogP contribution in [0, 0.1) is 0 Å². The lowest BCUT2D eigenvalue weighted by atomic mass is 10.3. The van der Waals surface area contributed by atoms with Crippen molar-refractivity contribution in [3.8, 4) is 0 Å². The van der Waals surface area contributed by atoms with Crippen LogP contribution in [0.2, 0.25) is 0 Å². The number of likely N-dealkylation sites (N-methyl/N-ethyl adjacent to an activating group) is 1.